The lowest BCUT2D eigenvalue weighted by Gasteiger charge is -2.22. The average Bonchev–Trinajstić information content (AvgIpc) is 2.87. The molecule has 1 heterocycles. The molecule has 2 unspecified atom stereocenters. The molecule has 2 rings (SSSR count). The highest BCUT2D eigenvalue weighted by Crippen LogP contribution is 2.28. The molecular weight excluding hydrogens is 278 g/mol. The molecular formula is C14H17NO6. The number of hydrogen-bond donors (Lipinski definition) is 2. The van der Waals surface area contributed by atoms with Crippen molar-refractivity contribution in [3.05, 3.63) is 23.8 Å². The molecule has 1 aromatic rings. The van der Waals surface area contributed by atoms with Crippen LogP contribution in [0.2, 0.25) is 0 Å². The number of hydrogen-bond acceptors (Lipinski definition) is 6. The second-order valence-corrected chi connectivity index (χ2v) is 4.77. The quantitative estimate of drug-likeness (QED) is 0.771. The van der Waals surface area contributed by atoms with E-state index < -0.39 is 24.0 Å². The van der Waals surface area contributed by atoms with E-state index in [-0.39, 0.29) is 24.3 Å². The summed E-state index contributed by atoms with van der Waals surface area (Å²) in [5.74, 6) is -0.964. The molecule has 7 nitrogen and oxygen atoms in total. The lowest BCUT2D eigenvalue weighted by Crippen LogP contribution is -2.41. The second kappa shape index (κ2) is 6.01. The molecule has 1 fully saturated rings. The van der Waals surface area contributed by atoms with Gasteiger partial charge in [-0.25, -0.2) is 4.79 Å². The summed E-state index contributed by atoms with van der Waals surface area (Å²) in [4.78, 5) is 25.3. The van der Waals surface area contributed by atoms with Crippen molar-refractivity contribution in [2.75, 3.05) is 20.8 Å². The molecule has 1 aliphatic rings. The maximum atomic E-state index is 12.4. The molecule has 0 saturated carbocycles. The predicted octanol–water partition coefficient (Wildman–Crippen LogP) is 0.149. The maximum Gasteiger partial charge on any atom is 0.328 e. The third kappa shape index (κ3) is 2.92. The molecule has 0 radical (unpaired) electrons. The van der Waals surface area contributed by atoms with Gasteiger partial charge in [0, 0.05) is 19.0 Å². The first-order chi connectivity index (χ1) is 9.97. The minimum atomic E-state index is -0.848. The van der Waals surface area contributed by atoms with E-state index in [0.29, 0.717) is 5.75 Å². The van der Waals surface area contributed by atoms with Gasteiger partial charge in [-0.15, -0.1) is 0 Å². The van der Waals surface area contributed by atoms with Crippen molar-refractivity contribution in [3.63, 3.8) is 0 Å². The smallest absolute Gasteiger partial charge is 0.328 e. The fraction of sp³-hybridized carbons (Fsp3) is 0.429. The molecule has 21 heavy (non-hydrogen) atoms. The highest BCUT2D eigenvalue weighted by molar-refractivity contribution is 5.99. The zero-order valence-corrected chi connectivity index (χ0v) is 11.8. The Morgan fingerprint density at radius 2 is 2.05 bits per heavy atom. The minimum Gasteiger partial charge on any atom is -0.507 e. The van der Waals surface area contributed by atoms with Crippen molar-refractivity contribution < 1.29 is 29.3 Å². The van der Waals surface area contributed by atoms with Crippen LogP contribution in [0, 0.1) is 0 Å². The van der Waals surface area contributed by atoms with Crippen LogP contribution in [0.4, 0.5) is 0 Å². The number of likely N-dealkylation sites (tertiary alicyclic amines) is 1. The van der Waals surface area contributed by atoms with Crippen molar-refractivity contribution >= 4 is 11.9 Å². The Balaban J connectivity index is 2.28. The van der Waals surface area contributed by atoms with Crippen molar-refractivity contribution in [3.8, 4) is 11.5 Å². The lowest BCUT2D eigenvalue weighted by atomic mass is 10.1. The number of carbonyl (C=O) groups excluding carboxylic acids is 2. The molecule has 0 spiro atoms. The van der Waals surface area contributed by atoms with Crippen molar-refractivity contribution in [1.29, 1.82) is 0 Å². The first-order valence-corrected chi connectivity index (χ1v) is 6.41. The van der Waals surface area contributed by atoms with E-state index in [1.54, 1.807) is 0 Å². The largest absolute Gasteiger partial charge is 0.507 e. The highest BCUT2D eigenvalue weighted by atomic mass is 16.5. The molecule has 1 aliphatic heterocycles. The van der Waals surface area contributed by atoms with Gasteiger partial charge in [-0.05, 0) is 12.1 Å². The Hall–Kier alpha value is -2.28. The second-order valence-electron chi connectivity index (χ2n) is 4.77. The number of aromatic hydroxyl groups is 1. The predicted molar refractivity (Wildman–Crippen MR) is 72.1 cm³/mol. The van der Waals surface area contributed by atoms with E-state index in [1.807, 2.05) is 0 Å². The molecule has 2 atom stereocenters. The number of amides is 1. The fourth-order valence-corrected chi connectivity index (χ4v) is 2.37. The van der Waals surface area contributed by atoms with E-state index in [4.69, 9.17) is 4.74 Å². The number of aliphatic hydroxyl groups is 1. The summed E-state index contributed by atoms with van der Waals surface area (Å²) in [7, 11) is 2.67. The molecule has 2 N–H and O–H groups in total. The van der Waals surface area contributed by atoms with Crippen LogP contribution < -0.4 is 4.74 Å². The van der Waals surface area contributed by atoms with E-state index in [1.165, 1.54) is 37.3 Å². The number of rotatable bonds is 3. The first kappa shape index (κ1) is 15.1. The molecule has 1 aromatic carbocycles. The van der Waals surface area contributed by atoms with Crippen LogP contribution in [0.15, 0.2) is 18.2 Å². The summed E-state index contributed by atoms with van der Waals surface area (Å²) in [6.07, 6.45) is -0.673. The van der Waals surface area contributed by atoms with Crippen LogP contribution >= 0.6 is 0 Å². The Morgan fingerprint density at radius 1 is 1.33 bits per heavy atom. The number of methoxy groups -OCH3 is 2. The number of esters is 1. The lowest BCUT2D eigenvalue weighted by molar-refractivity contribution is -0.145. The number of carbonyl (C=O) groups is 2. The molecule has 7 heteroatoms. The average molecular weight is 295 g/mol. The van der Waals surface area contributed by atoms with Gasteiger partial charge in [0.25, 0.3) is 5.91 Å². The van der Waals surface area contributed by atoms with Crippen molar-refractivity contribution in [2.45, 2.75) is 18.6 Å². The van der Waals surface area contributed by atoms with Gasteiger partial charge < -0.3 is 24.6 Å². The molecule has 0 aliphatic carbocycles. The summed E-state index contributed by atoms with van der Waals surface area (Å²) < 4.78 is 9.59. The molecule has 114 valence electrons. The van der Waals surface area contributed by atoms with E-state index in [2.05, 4.69) is 4.74 Å². The minimum absolute atomic E-state index is 0.0179. The number of ether oxygens (including phenoxy) is 2. The van der Waals surface area contributed by atoms with Gasteiger partial charge in [0.15, 0.2) is 0 Å². The van der Waals surface area contributed by atoms with Gasteiger partial charge in [-0.2, -0.15) is 0 Å². The Kier molecular flexibility index (Phi) is 4.32. The number of nitrogens with zero attached hydrogens (tertiary/aromatic N) is 1. The van der Waals surface area contributed by atoms with Crippen LogP contribution in [0.3, 0.4) is 0 Å². The highest BCUT2D eigenvalue weighted by Gasteiger charge is 2.40. The Labute approximate surface area is 121 Å². The zero-order valence-electron chi connectivity index (χ0n) is 11.8. The maximum absolute atomic E-state index is 12.4. The van der Waals surface area contributed by atoms with Crippen molar-refractivity contribution in [2.24, 2.45) is 0 Å². The van der Waals surface area contributed by atoms with Crippen LogP contribution in [0.1, 0.15) is 16.8 Å². The van der Waals surface area contributed by atoms with Gasteiger partial charge >= 0.3 is 5.97 Å². The molecule has 1 amide bonds. The van der Waals surface area contributed by atoms with Crippen molar-refractivity contribution in [1.82, 2.24) is 4.90 Å². The van der Waals surface area contributed by atoms with Gasteiger partial charge in [-0.1, -0.05) is 0 Å². The summed E-state index contributed by atoms with van der Waals surface area (Å²) in [6.45, 7) is 0.0179. The number of benzene rings is 1. The van der Waals surface area contributed by atoms with E-state index in [9.17, 15) is 19.8 Å². The monoisotopic (exact) mass is 295 g/mol. The SMILES string of the molecule is COC(=O)C1CC(O)CN1C(=O)c1ccc(OC)cc1O. The van der Waals surface area contributed by atoms with Gasteiger partial charge in [-0.3, -0.25) is 4.79 Å². The zero-order chi connectivity index (χ0) is 15.6. The van der Waals surface area contributed by atoms with Gasteiger partial charge in [0.2, 0.25) is 0 Å². The standard InChI is InChI=1S/C14H17NO6/c1-20-9-3-4-10(12(17)6-9)13(18)15-7-8(16)5-11(15)14(19)21-2/h3-4,6,8,11,16-17H,5,7H2,1-2H3. The molecule has 1 saturated heterocycles. The third-order valence-electron chi connectivity index (χ3n) is 3.45. The van der Waals surface area contributed by atoms with E-state index in [0.717, 1.165) is 0 Å². The third-order valence-corrected chi connectivity index (χ3v) is 3.45. The Morgan fingerprint density at radius 3 is 2.62 bits per heavy atom. The van der Waals surface area contributed by atoms with Crippen LogP contribution in [0.5, 0.6) is 11.5 Å². The fourth-order valence-electron chi connectivity index (χ4n) is 2.37. The van der Waals surface area contributed by atoms with E-state index >= 15 is 0 Å². The number of phenols is 1. The normalized spacial score (nSPS) is 21.2. The van der Waals surface area contributed by atoms with Crippen LogP contribution in [-0.2, 0) is 9.53 Å². The van der Waals surface area contributed by atoms with Crippen LogP contribution in [0.25, 0.3) is 0 Å². The Bertz CT molecular complexity index is 558. The summed E-state index contributed by atoms with van der Waals surface area (Å²) in [6, 6.07) is 3.41. The topological polar surface area (TPSA) is 96.3 Å². The summed E-state index contributed by atoms with van der Waals surface area (Å²) in [5.41, 5.74) is 0.0406. The first-order valence-electron chi connectivity index (χ1n) is 6.41. The molecule has 0 bridgehead atoms. The summed E-state index contributed by atoms with van der Waals surface area (Å²) >= 11 is 0. The number of phenolic OH excluding ortho intramolecular Hbond substituents is 1. The number of β-amino-alcohol motifs (C(OH)–C–C–N with tert-alkyl or cyclic N) is 1. The van der Waals surface area contributed by atoms with Gasteiger partial charge in [0.1, 0.15) is 17.5 Å². The van der Waals surface area contributed by atoms with Gasteiger partial charge in [0.05, 0.1) is 25.9 Å². The molecule has 0 aromatic heterocycles. The van der Waals surface area contributed by atoms with Crippen LogP contribution in [-0.4, -0.2) is 59.9 Å². The number of aliphatic hydroxyl groups excluding tert-OH is 1. The summed E-state index contributed by atoms with van der Waals surface area (Å²) in [5, 5.41) is 19.6.